The van der Waals surface area contributed by atoms with Gasteiger partial charge in [-0.25, -0.2) is 0 Å². The Morgan fingerprint density at radius 3 is 3.05 bits per heavy atom. The van der Waals surface area contributed by atoms with E-state index in [4.69, 9.17) is 0 Å². The summed E-state index contributed by atoms with van der Waals surface area (Å²) in [6.45, 7) is 2.50. The van der Waals surface area contributed by atoms with Gasteiger partial charge in [0.1, 0.15) is 0 Å². The first kappa shape index (κ1) is 12.4. The van der Waals surface area contributed by atoms with Crippen molar-refractivity contribution in [1.29, 1.82) is 0 Å². The molecule has 3 rings (SSSR count). The molecule has 0 fully saturated rings. The van der Waals surface area contributed by atoms with Gasteiger partial charge in [-0.15, -0.1) is 0 Å². The molecule has 3 aromatic rings. The predicted octanol–water partition coefficient (Wildman–Crippen LogP) is 2.80. The lowest BCUT2D eigenvalue weighted by Crippen LogP contribution is -2.23. The van der Waals surface area contributed by atoms with Crippen LogP contribution in [-0.2, 0) is 6.54 Å². The Hall–Kier alpha value is -2.62. The Balaban J connectivity index is 1.80. The van der Waals surface area contributed by atoms with Crippen molar-refractivity contribution in [2.75, 3.05) is 0 Å². The summed E-state index contributed by atoms with van der Waals surface area (Å²) < 4.78 is 0. The molecule has 4 heteroatoms. The molecule has 0 bridgehead atoms. The quantitative estimate of drug-likeness (QED) is 0.765. The number of H-pyrrole nitrogens is 1. The van der Waals surface area contributed by atoms with E-state index in [1.807, 2.05) is 43.5 Å². The van der Waals surface area contributed by atoms with Gasteiger partial charge >= 0.3 is 0 Å². The molecule has 0 aliphatic carbocycles. The van der Waals surface area contributed by atoms with Crippen molar-refractivity contribution in [1.82, 2.24) is 15.3 Å². The van der Waals surface area contributed by atoms with Gasteiger partial charge in [0.15, 0.2) is 0 Å². The molecule has 0 radical (unpaired) electrons. The maximum Gasteiger partial charge on any atom is 0.252 e. The van der Waals surface area contributed by atoms with Gasteiger partial charge in [-0.3, -0.25) is 9.78 Å². The number of carbonyl (C=O) groups excluding carboxylic acids is 1. The van der Waals surface area contributed by atoms with E-state index in [0.717, 1.165) is 22.0 Å². The molecular formula is C16H15N3O. The number of amides is 1. The van der Waals surface area contributed by atoms with Crippen molar-refractivity contribution in [2.45, 2.75) is 13.5 Å². The molecule has 1 aromatic carbocycles. The number of pyridine rings is 1. The molecule has 0 aliphatic rings. The fourth-order valence-electron chi connectivity index (χ4n) is 2.25. The highest BCUT2D eigenvalue weighted by Crippen LogP contribution is 2.17. The number of nitrogens with one attached hydrogen (secondary N) is 2. The second-order valence-corrected chi connectivity index (χ2v) is 4.73. The largest absolute Gasteiger partial charge is 0.361 e. The molecule has 2 heterocycles. The number of fused-ring (bicyclic) bond motifs is 1. The molecular weight excluding hydrogens is 250 g/mol. The molecule has 20 heavy (non-hydrogen) atoms. The minimum absolute atomic E-state index is 0.0635. The van der Waals surface area contributed by atoms with Gasteiger partial charge in [-0.2, -0.15) is 0 Å². The lowest BCUT2D eigenvalue weighted by molar-refractivity contribution is 0.0952. The monoisotopic (exact) mass is 265 g/mol. The maximum atomic E-state index is 12.3. The molecule has 1 amide bonds. The Morgan fingerprint density at radius 2 is 2.20 bits per heavy atom. The van der Waals surface area contributed by atoms with Crippen molar-refractivity contribution >= 4 is 16.8 Å². The summed E-state index contributed by atoms with van der Waals surface area (Å²) in [6.07, 6.45) is 5.38. The average Bonchev–Trinajstić information content (AvgIpc) is 2.94. The first-order chi connectivity index (χ1) is 9.75. The van der Waals surface area contributed by atoms with E-state index in [9.17, 15) is 4.79 Å². The molecule has 100 valence electrons. The van der Waals surface area contributed by atoms with Crippen LogP contribution in [0.3, 0.4) is 0 Å². The maximum absolute atomic E-state index is 12.3. The summed E-state index contributed by atoms with van der Waals surface area (Å²) in [5.41, 5.74) is 3.82. The number of benzene rings is 1. The fraction of sp³-hybridized carbons (Fsp3) is 0.125. The van der Waals surface area contributed by atoms with Gasteiger partial charge in [0.05, 0.1) is 0 Å². The molecule has 0 aliphatic heterocycles. The number of rotatable bonds is 3. The van der Waals surface area contributed by atoms with Gasteiger partial charge < -0.3 is 10.3 Å². The third-order valence-electron chi connectivity index (χ3n) is 3.42. The summed E-state index contributed by atoms with van der Waals surface area (Å²) in [6, 6.07) is 9.52. The van der Waals surface area contributed by atoms with Gasteiger partial charge in [-0.1, -0.05) is 6.07 Å². The van der Waals surface area contributed by atoms with Crippen LogP contribution in [-0.4, -0.2) is 15.9 Å². The first-order valence-corrected chi connectivity index (χ1v) is 6.49. The Labute approximate surface area is 116 Å². The number of hydrogen-bond acceptors (Lipinski definition) is 2. The van der Waals surface area contributed by atoms with E-state index in [0.29, 0.717) is 12.1 Å². The van der Waals surface area contributed by atoms with Crippen molar-refractivity contribution in [3.63, 3.8) is 0 Å². The molecule has 4 nitrogen and oxygen atoms in total. The van der Waals surface area contributed by atoms with Gasteiger partial charge in [0.25, 0.3) is 5.91 Å². The Morgan fingerprint density at radius 1 is 1.30 bits per heavy atom. The average molecular weight is 265 g/mol. The number of hydrogen-bond donors (Lipinski definition) is 2. The SMILES string of the molecule is Cc1cnccc1CNC(=O)c1cccc2[nH]ccc12. The highest BCUT2D eigenvalue weighted by molar-refractivity contribution is 6.06. The van der Waals surface area contributed by atoms with Crippen LogP contribution in [0.2, 0.25) is 0 Å². The van der Waals surface area contributed by atoms with Crippen LogP contribution >= 0.6 is 0 Å². The van der Waals surface area contributed by atoms with Crippen LogP contribution in [0.4, 0.5) is 0 Å². The number of nitrogens with zero attached hydrogens (tertiary/aromatic N) is 1. The van der Waals surface area contributed by atoms with Gasteiger partial charge in [0, 0.05) is 41.6 Å². The van der Waals surface area contributed by atoms with E-state index >= 15 is 0 Å². The van der Waals surface area contributed by atoms with Gasteiger partial charge in [0.2, 0.25) is 0 Å². The Kier molecular flexibility index (Phi) is 3.21. The van der Waals surface area contributed by atoms with Crippen LogP contribution in [0, 0.1) is 6.92 Å². The van der Waals surface area contributed by atoms with E-state index in [1.54, 1.807) is 12.4 Å². The number of carbonyl (C=O) groups is 1. The highest BCUT2D eigenvalue weighted by atomic mass is 16.1. The summed E-state index contributed by atoms with van der Waals surface area (Å²) >= 11 is 0. The molecule has 0 spiro atoms. The van der Waals surface area contributed by atoms with Crippen LogP contribution in [0.15, 0.2) is 48.9 Å². The second-order valence-electron chi connectivity index (χ2n) is 4.73. The molecule has 0 saturated heterocycles. The standard InChI is InChI=1S/C16H15N3O/c1-11-9-17-7-5-12(11)10-19-16(20)14-3-2-4-15-13(14)6-8-18-15/h2-9,18H,10H2,1H3,(H,19,20). The Bertz CT molecular complexity index is 761. The zero-order valence-electron chi connectivity index (χ0n) is 11.2. The number of aromatic amines is 1. The van der Waals surface area contributed by atoms with E-state index in [-0.39, 0.29) is 5.91 Å². The highest BCUT2D eigenvalue weighted by Gasteiger charge is 2.10. The van der Waals surface area contributed by atoms with E-state index < -0.39 is 0 Å². The van der Waals surface area contributed by atoms with Crippen LogP contribution in [0.1, 0.15) is 21.5 Å². The van der Waals surface area contributed by atoms with Crippen LogP contribution in [0.25, 0.3) is 10.9 Å². The molecule has 2 aromatic heterocycles. The van der Waals surface area contributed by atoms with E-state index in [2.05, 4.69) is 15.3 Å². The van der Waals surface area contributed by atoms with Crippen molar-refractivity contribution in [2.24, 2.45) is 0 Å². The summed E-state index contributed by atoms with van der Waals surface area (Å²) in [7, 11) is 0. The minimum atomic E-state index is -0.0635. The van der Waals surface area contributed by atoms with Crippen molar-refractivity contribution < 1.29 is 4.79 Å². The van der Waals surface area contributed by atoms with Gasteiger partial charge in [-0.05, 0) is 42.3 Å². The normalized spacial score (nSPS) is 10.7. The minimum Gasteiger partial charge on any atom is -0.361 e. The zero-order valence-corrected chi connectivity index (χ0v) is 11.2. The van der Waals surface area contributed by atoms with Crippen molar-refractivity contribution in [3.8, 4) is 0 Å². The summed E-state index contributed by atoms with van der Waals surface area (Å²) in [5, 5.41) is 3.90. The molecule has 2 N–H and O–H groups in total. The van der Waals surface area contributed by atoms with E-state index in [1.165, 1.54) is 0 Å². The van der Waals surface area contributed by atoms with Crippen molar-refractivity contribution in [3.05, 3.63) is 65.6 Å². The predicted molar refractivity (Wildman–Crippen MR) is 78.4 cm³/mol. The smallest absolute Gasteiger partial charge is 0.252 e. The third-order valence-corrected chi connectivity index (χ3v) is 3.42. The fourth-order valence-corrected chi connectivity index (χ4v) is 2.25. The number of aryl methyl sites for hydroxylation is 1. The lowest BCUT2D eigenvalue weighted by Gasteiger charge is -2.08. The number of aromatic nitrogens is 2. The van der Waals surface area contributed by atoms with Crippen LogP contribution < -0.4 is 5.32 Å². The second kappa shape index (κ2) is 5.17. The lowest BCUT2D eigenvalue weighted by atomic mass is 10.1. The zero-order chi connectivity index (χ0) is 13.9. The molecule has 0 saturated carbocycles. The topological polar surface area (TPSA) is 57.8 Å². The van der Waals surface area contributed by atoms with Crippen LogP contribution in [0.5, 0.6) is 0 Å². The summed E-state index contributed by atoms with van der Waals surface area (Å²) in [5.74, 6) is -0.0635. The molecule has 0 atom stereocenters. The first-order valence-electron chi connectivity index (χ1n) is 6.49. The molecule has 0 unspecified atom stereocenters. The third kappa shape index (κ3) is 2.28. The summed E-state index contributed by atoms with van der Waals surface area (Å²) in [4.78, 5) is 19.5.